The van der Waals surface area contributed by atoms with E-state index in [1.807, 2.05) is 0 Å². The SMILES string of the molecule is Cc1c(Cl)cccc1N1C(=O)C(Nc2ccc3c(c2)OCO3)=C(c2ccc(F)cc2)C1=O. The normalized spacial score (nSPS) is 15.0. The monoisotopic (exact) mass is 450 g/mol. The van der Waals surface area contributed by atoms with Gasteiger partial charge in [0, 0.05) is 16.8 Å². The maximum Gasteiger partial charge on any atom is 0.282 e. The van der Waals surface area contributed by atoms with Crippen molar-refractivity contribution in [2.24, 2.45) is 0 Å². The summed E-state index contributed by atoms with van der Waals surface area (Å²) < 4.78 is 24.2. The van der Waals surface area contributed by atoms with Crippen molar-refractivity contribution >= 4 is 40.4 Å². The highest BCUT2D eigenvalue weighted by Crippen LogP contribution is 2.39. The number of hydrogen-bond donors (Lipinski definition) is 1. The zero-order chi connectivity index (χ0) is 22.4. The van der Waals surface area contributed by atoms with Gasteiger partial charge >= 0.3 is 0 Å². The topological polar surface area (TPSA) is 67.9 Å². The van der Waals surface area contributed by atoms with Crippen molar-refractivity contribution in [2.75, 3.05) is 17.0 Å². The van der Waals surface area contributed by atoms with Crippen molar-refractivity contribution in [1.29, 1.82) is 0 Å². The molecule has 0 aliphatic carbocycles. The van der Waals surface area contributed by atoms with Crippen molar-refractivity contribution in [2.45, 2.75) is 6.92 Å². The van der Waals surface area contributed by atoms with Crippen LogP contribution >= 0.6 is 11.6 Å². The minimum Gasteiger partial charge on any atom is -0.454 e. The second-order valence-corrected chi connectivity index (χ2v) is 7.69. The van der Waals surface area contributed by atoms with E-state index in [9.17, 15) is 14.0 Å². The molecule has 6 nitrogen and oxygen atoms in total. The van der Waals surface area contributed by atoms with Gasteiger partial charge in [0.2, 0.25) is 6.79 Å². The Morgan fingerprint density at radius 1 is 0.969 bits per heavy atom. The van der Waals surface area contributed by atoms with Gasteiger partial charge in [-0.25, -0.2) is 9.29 Å². The van der Waals surface area contributed by atoms with Crippen LogP contribution in [0, 0.1) is 12.7 Å². The van der Waals surface area contributed by atoms with Gasteiger partial charge < -0.3 is 14.8 Å². The molecular weight excluding hydrogens is 435 g/mol. The van der Waals surface area contributed by atoms with Gasteiger partial charge in [-0.3, -0.25) is 9.59 Å². The van der Waals surface area contributed by atoms with Crippen LogP contribution in [0.3, 0.4) is 0 Å². The van der Waals surface area contributed by atoms with E-state index in [0.717, 1.165) is 4.90 Å². The molecule has 2 heterocycles. The Balaban J connectivity index is 1.62. The number of carbonyl (C=O) groups excluding carboxylic acids is 2. The van der Waals surface area contributed by atoms with E-state index < -0.39 is 17.6 Å². The van der Waals surface area contributed by atoms with Crippen LogP contribution in [0.4, 0.5) is 15.8 Å². The number of halogens is 2. The lowest BCUT2D eigenvalue weighted by molar-refractivity contribution is -0.120. The van der Waals surface area contributed by atoms with Crippen LogP contribution in [0.25, 0.3) is 5.57 Å². The van der Waals surface area contributed by atoms with Crippen LogP contribution < -0.4 is 19.7 Å². The third kappa shape index (κ3) is 3.27. The summed E-state index contributed by atoms with van der Waals surface area (Å²) in [4.78, 5) is 28.0. The molecule has 2 aliphatic heterocycles. The van der Waals surface area contributed by atoms with Gasteiger partial charge in [-0.15, -0.1) is 0 Å². The van der Waals surface area contributed by atoms with Crippen LogP contribution in [-0.4, -0.2) is 18.6 Å². The summed E-state index contributed by atoms with van der Waals surface area (Å²) in [5.41, 5.74) is 2.13. The van der Waals surface area contributed by atoms with Gasteiger partial charge in [-0.1, -0.05) is 29.8 Å². The molecule has 2 amide bonds. The van der Waals surface area contributed by atoms with Gasteiger partial charge in [0.1, 0.15) is 11.5 Å². The smallest absolute Gasteiger partial charge is 0.282 e. The second kappa shape index (κ2) is 7.69. The minimum atomic E-state index is -0.544. The summed E-state index contributed by atoms with van der Waals surface area (Å²) in [6, 6.07) is 15.5. The summed E-state index contributed by atoms with van der Waals surface area (Å²) in [7, 11) is 0. The zero-order valence-corrected chi connectivity index (χ0v) is 17.6. The first kappa shape index (κ1) is 20.1. The largest absolute Gasteiger partial charge is 0.454 e. The molecule has 0 spiro atoms. The number of hydrogen-bond acceptors (Lipinski definition) is 5. The number of anilines is 2. The molecule has 3 aromatic rings. The molecule has 160 valence electrons. The lowest BCUT2D eigenvalue weighted by Gasteiger charge is -2.18. The lowest BCUT2D eigenvalue weighted by atomic mass is 10.0. The molecule has 0 saturated carbocycles. The number of nitrogens with one attached hydrogen (secondary N) is 1. The lowest BCUT2D eigenvalue weighted by Crippen LogP contribution is -2.33. The standard InChI is InChI=1S/C24H16ClFN2O4/c1-13-17(25)3-2-4-18(13)28-23(29)21(14-5-7-15(26)8-6-14)22(24(28)30)27-16-9-10-19-20(11-16)32-12-31-19/h2-11,27H,12H2,1H3. The van der Waals surface area contributed by atoms with Gasteiger partial charge in [0.15, 0.2) is 11.5 Å². The van der Waals surface area contributed by atoms with Gasteiger partial charge in [0.05, 0.1) is 11.3 Å². The second-order valence-electron chi connectivity index (χ2n) is 7.28. The molecule has 5 rings (SSSR count). The first-order valence-corrected chi connectivity index (χ1v) is 10.1. The van der Waals surface area contributed by atoms with Gasteiger partial charge in [0.25, 0.3) is 11.8 Å². The average molecular weight is 451 g/mol. The number of rotatable bonds is 4. The molecule has 1 N–H and O–H groups in total. The molecule has 0 unspecified atom stereocenters. The van der Waals surface area contributed by atoms with Crippen LogP contribution in [0.15, 0.2) is 66.4 Å². The Morgan fingerprint density at radius 2 is 1.72 bits per heavy atom. The molecule has 3 aromatic carbocycles. The van der Waals surface area contributed by atoms with Gasteiger partial charge in [-0.2, -0.15) is 0 Å². The average Bonchev–Trinajstić information content (AvgIpc) is 3.34. The third-order valence-corrected chi connectivity index (χ3v) is 5.75. The molecule has 8 heteroatoms. The molecule has 0 saturated heterocycles. The molecular formula is C24H16ClFN2O4. The van der Waals surface area contributed by atoms with Crippen LogP contribution in [0.2, 0.25) is 5.02 Å². The molecule has 2 aliphatic rings. The fourth-order valence-electron chi connectivity index (χ4n) is 3.71. The van der Waals surface area contributed by atoms with E-state index in [4.69, 9.17) is 21.1 Å². The Bertz CT molecular complexity index is 1300. The maximum absolute atomic E-state index is 13.5. The highest BCUT2D eigenvalue weighted by molar-refractivity contribution is 6.46. The van der Waals surface area contributed by atoms with E-state index in [1.165, 1.54) is 24.3 Å². The Morgan fingerprint density at radius 3 is 2.50 bits per heavy atom. The quantitative estimate of drug-likeness (QED) is 0.572. The number of ether oxygens (including phenoxy) is 2. The molecule has 0 fully saturated rings. The zero-order valence-electron chi connectivity index (χ0n) is 16.8. The van der Waals surface area contributed by atoms with E-state index >= 15 is 0 Å². The molecule has 0 bridgehead atoms. The Labute approximate surface area is 187 Å². The van der Waals surface area contributed by atoms with Crippen molar-refractivity contribution < 1.29 is 23.5 Å². The number of imide groups is 1. The predicted octanol–water partition coefficient (Wildman–Crippen LogP) is 4.91. The summed E-state index contributed by atoms with van der Waals surface area (Å²) in [5, 5.41) is 3.49. The predicted molar refractivity (Wildman–Crippen MR) is 118 cm³/mol. The van der Waals surface area contributed by atoms with Crippen molar-refractivity contribution in [3.8, 4) is 11.5 Å². The summed E-state index contributed by atoms with van der Waals surface area (Å²) in [6.45, 7) is 1.85. The molecule has 0 radical (unpaired) electrons. The van der Waals surface area contributed by atoms with Crippen molar-refractivity contribution in [3.05, 3.63) is 88.3 Å². The first-order valence-electron chi connectivity index (χ1n) is 9.75. The van der Waals surface area contributed by atoms with Crippen molar-refractivity contribution in [3.63, 3.8) is 0 Å². The Hall–Kier alpha value is -3.84. The number of amides is 2. The number of fused-ring (bicyclic) bond motifs is 1. The fourth-order valence-corrected chi connectivity index (χ4v) is 3.88. The van der Waals surface area contributed by atoms with Crippen LogP contribution in [-0.2, 0) is 9.59 Å². The molecule has 0 aromatic heterocycles. The van der Waals surface area contributed by atoms with Crippen LogP contribution in [0.1, 0.15) is 11.1 Å². The number of nitrogens with zero attached hydrogens (tertiary/aromatic N) is 1. The summed E-state index contributed by atoms with van der Waals surface area (Å²) >= 11 is 6.23. The third-order valence-electron chi connectivity index (χ3n) is 5.34. The summed E-state index contributed by atoms with van der Waals surface area (Å²) in [6.07, 6.45) is 0. The fraction of sp³-hybridized carbons (Fsp3) is 0.0833. The first-order chi connectivity index (χ1) is 15.4. The number of carbonyl (C=O) groups is 2. The van der Waals surface area contributed by atoms with Gasteiger partial charge in [-0.05, 0) is 54.4 Å². The van der Waals surface area contributed by atoms with E-state index in [1.54, 1.807) is 43.3 Å². The van der Waals surface area contributed by atoms with Crippen LogP contribution in [0.5, 0.6) is 11.5 Å². The highest BCUT2D eigenvalue weighted by atomic mass is 35.5. The van der Waals surface area contributed by atoms with E-state index in [2.05, 4.69) is 5.32 Å². The maximum atomic E-state index is 13.5. The Kier molecular flexibility index (Phi) is 4.83. The minimum absolute atomic E-state index is 0.0693. The molecule has 32 heavy (non-hydrogen) atoms. The summed E-state index contributed by atoms with van der Waals surface area (Å²) in [5.74, 6) is -0.405. The highest BCUT2D eigenvalue weighted by Gasteiger charge is 2.41. The van der Waals surface area contributed by atoms with E-state index in [-0.39, 0.29) is 18.1 Å². The van der Waals surface area contributed by atoms with E-state index in [0.29, 0.717) is 39.0 Å². The van der Waals surface area contributed by atoms with Crippen molar-refractivity contribution in [1.82, 2.24) is 0 Å². The number of benzene rings is 3. The molecule has 0 atom stereocenters.